The molecule has 0 saturated carbocycles. The molecule has 0 aromatic carbocycles. The molecule has 17 heavy (non-hydrogen) atoms. The summed E-state index contributed by atoms with van der Waals surface area (Å²) in [4.78, 5) is 10.8. The van der Waals surface area contributed by atoms with Gasteiger partial charge in [-0.1, -0.05) is 13.8 Å². The predicted octanol–water partition coefficient (Wildman–Crippen LogP) is 1.29. The normalized spacial score (nSPS) is 13.7. The van der Waals surface area contributed by atoms with Crippen LogP contribution in [0.5, 0.6) is 0 Å². The molecule has 0 radical (unpaired) electrons. The third kappa shape index (κ3) is 9.12. The number of ether oxygens (including phenoxy) is 1. The van der Waals surface area contributed by atoms with Crippen LogP contribution < -0.4 is 4.72 Å². The Labute approximate surface area is 104 Å². The predicted molar refractivity (Wildman–Crippen MR) is 67.1 cm³/mol. The second-order valence-electron chi connectivity index (χ2n) is 4.65. The first-order valence-electron chi connectivity index (χ1n) is 5.83. The summed E-state index contributed by atoms with van der Waals surface area (Å²) in [7, 11) is -2.00. The number of nitrogens with one attached hydrogen (secondary N) is 1. The topological polar surface area (TPSA) is 72.5 Å². The minimum atomic E-state index is -3.29. The summed E-state index contributed by atoms with van der Waals surface area (Å²) in [6.45, 7) is 5.93. The first-order chi connectivity index (χ1) is 7.76. The molecule has 1 unspecified atom stereocenters. The molecule has 102 valence electrons. The van der Waals surface area contributed by atoms with Crippen LogP contribution in [0, 0.1) is 5.92 Å². The lowest BCUT2D eigenvalue weighted by Crippen LogP contribution is -2.35. The number of rotatable bonds is 8. The molecular formula is C11H23NO4S. The average Bonchev–Trinajstić information content (AvgIpc) is 2.14. The summed E-state index contributed by atoms with van der Waals surface area (Å²) in [5.41, 5.74) is 0. The summed E-state index contributed by atoms with van der Waals surface area (Å²) < 4.78 is 30.3. The van der Waals surface area contributed by atoms with Gasteiger partial charge < -0.3 is 4.74 Å². The summed E-state index contributed by atoms with van der Waals surface area (Å²) in [5, 5.41) is 0. The monoisotopic (exact) mass is 265 g/mol. The molecule has 1 atom stereocenters. The van der Waals surface area contributed by atoms with Gasteiger partial charge in [-0.3, -0.25) is 4.79 Å². The summed E-state index contributed by atoms with van der Waals surface area (Å²) in [5.74, 6) is 0.0306. The minimum absolute atomic E-state index is 0.0372. The van der Waals surface area contributed by atoms with Gasteiger partial charge in [0, 0.05) is 12.5 Å². The van der Waals surface area contributed by atoms with Crippen LogP contribution in [-0.4, -0.2) is 33.3 Å². The highest BCUT2D eigenvalue weighted by Gasteiger charge is 2.15. The number of hydrogen-bond acceptors (Lipinski definition) is 4. The number of sulfonamides is 1. The molecule has 0 spiro atoms. The molecule has 0 aliphatic rings. The van der Waals surface area contributed by atoms with Gasteiger partial charge in [-0.15, -0.1) is 0 Å². The largest absolute Gasteiger partial charge is 0.469 e. The Morgan fingerprint density at radius 1 is 1.29 bits per heavy atom. The lowest BCUT2D eigenvalue weighted by molar-refractivity contribution is -0.140. The Kier molecular flexibility index (Phi) is 7.38. The van der Waals surface area contributed by atoms with E-state index in [4.69, 9.17) is 0 Å². The molecule has 1 N–H and O–H groups in total. The van der Waals surface area contributed by atoms with Crippen molar-refractivity contribution in [3.05, 3.63) is 0 Å². The molecule has 5 nitrogen and oxygen atoms in total. The molecule has 6 heteroatoms. The van der Waals surface area contributed by atoms with E-state index in [1.165, 1.54) is 7.11 Å². The van der Waals surface area contributed by atoms with Crippen LogP contribution in [-0.2, 0) is 19.6 Å². The van der Waals surface area contributed by atoms with E-state index in [2.05, 4.69) is 9.46 Å². The van der Waals surface area contributed by atoms with Gasteiger partial charge in [0.25, 0.3) is 0 Å². The van der Waals surface area contributed by atoms with Crippen molar-refractivity contribution >= 4 is 16.0 Å². The van der Waals surface area contributed by atoms with Crippen LogP contribution in [0.2, 0.25) is 0 Å². The molecule has 0 bridgehead atoms. The van der Waals surface area contributed by atoms with Crippen molar-refractivity contribution in [2.45, 2.75) is 46.1 Å². The molecule has 0 aliphatic heterocycles. The van der Waals surface area contributed by atoms with E-state index in [-0.39, 0.29) is 30.6 Å². The van der Waals surface area contributed by atoms with Crippen molar-refractivity contribution in [2.24, 2.45) is 5.92 Å². The Morgan fingerprint density at radius 2 is 1.88 bits per heavy atom. The van der Waals surface area contributed by atoms with E-state index in [0.717, 1.165) is 6.42 Å². The zero-order valence-corrected chi connectivity index (χ0v) is 11.8. The van der Waals surface area contributed by atoms with E-state index < -0.39 is 10.0 Å². The highest BCUT2D eigenvalue weighted by Crippen LogP contribution is 2.06. The number of hydrogen-bond donors (Lipinski definition) is 1. The van der Waals surface area contributed by atoms with Gasteiger partial charge in [0.1, 0.15) is 0 Å². The van der Waals surface area contributed by atoms with E-state index in [0.29, 0.717) is 5.92 Å². The Balaban J connectivity index is 3.99. The smallest absolute Gasteiger partial charge is 0.305 e. The zero-order valence-electron chi connectivity index (χ0n) is 11.0. The molecule has 0 fully saturated rings. The summed E-state index contributed by atoms with van der Waals surface area (Å²) in [6.07, 6.45) is 1.22. The highest BCUT2D eigenvalue weighted by molar-refractivity contribution is 7.89. The fourth-order valence-corrected chi connectivity index (χ4v) is 2.98. The van der Waals surface area contributed by atoms with Crippen molar-refractivity contribution in [3.8, 4) is 0 Å². The van der Waals surface area contributed by atoms with Gasteiger partial charge in [-0.05, 0) is 25.7 Å². The van der Waals surface area contributed by atoms with Crippen molar-refractivity contribution in [2.75, 3.05) is 12.9 Å². The fourth-order valence-electron chi connectivity index (χ4n) is 1.63. The molecule has 0 rings (SSSR count). The third-order valence-corrected chi connectivity index (χ3v) is 3.81. The van der Waals surface area contributed by atoms with Gasteiger partial charge in [0.15, 0.2) is 0 Å². The van der Waals surface area contributed by atoms with Crippen LogP contribution in [0.25, 0.3) is 0 Å². The second kappa shape index (κ2) is 7.66. The van der Waals surface area contributed by atoms with Gasteiger partial charge in [-0.25, -0.2) is 13.1 Å². The van der Waals surface area contributed by atoms with E-state index in [9.17, 15) is 13.2 Å². The lowest BCUT2D eigenvalue weighted by atomic mass is 10.1. The standard InChI is InChI=1S/C11H23NO4S/c1-9(2)8-10(3)12-17(14,15)7-5-6-11(13)16-4/h9-10,12H,5-8H2,1-4H3. The molecule has 0 amide bonds. The number of carbonyl (C=O) groups excluding carboxylic acids is 1. The Bertz CT molecular complexity index is 324. The van der Waals surface area contributed by atoms with Crippen LogP contribution in [0.3, 0.4) is 0 Å². The molecule has 0 heterocycles. The Hall–Kier alpha value is -0.620. The van der Waals surface area contributed by atoms with Crippen LogP contribution in [0.4, 0.5) is 0 Å². The number of carbonyl (C=O) groups is 1. The Morgan fingerprint density at radius 3 is 2.35 bits per heavy atom. The van der Waals surface area contributed by atoms with E-state index >= 15 is 0 Å². The average molecular weight is 265 g/mol. The van der Waals surface area contributed by atoms with Crippen molar-refractivity contribution < 1.29 is 17.9 Å². The van der Waals surface area contributed by atoms with Gasteiger partial charge in [0.2, 0.25) is 10.0 Å². The minimum Gasteiger partial charge on any atom is -0.469 e. The quantitative estimate of drug-likeness (QED) is 0.671. The SMILES string of the molecule is COC(=O)CCCS(=O)(=O)NC(C)CC(C)C. The molecule has 0 aliphatic carbocycles. The van der Waals surface area contributed by atoms with E-state index in [1.54, 1.807) is 0 Å². The van der Waals surface area contributed by atoms with Crippen LogP contribution >= 0.6 is 0 Å². The second-order valence-corrected chi connectivity index (χ2v) is 6.52. The summed E-state index contributed by atoms with van der Waals surface area (Å²) >= 11 is 0. The molecular weight excluding hydrogens is 242 g/mol. The number of esters is 1. The van der Waals surface area contributed by atoms with Crippen LogP contribution in [0.1, 0.15) is 40.0 Å². The number of methoxy groups -OCH3 is 1. The van der Waals surface area contributed by atoms with Crippen molar-refractivity contribution in [1.82, 2.24) is 4.72 Å². The molecule has 0 aromatic heterocycles. The zero-order chi connectivity index (χ0) is 13.5. The first-order valence-corrected chi connectivity index (χ1v) is 7.49. The highest BCUT2D eigenvalue weighted by atomic mass is 32.2. The van der Waals surface area contributed by atoms with Crippen molar-refractivity contribution in [3.63, 3.8) is 0 Å². The van der Waals surface area contributed by atoms with Gasteiger partial charge in [-0.2, -0.15) is 0 Å². The van der Waals surface area contributed by atoms with Crippen LogP contribution in [0.15, 0.2) is 0 Å². The maximum atomic E-state index is 11.6. The first kappa shape index (κ1) is 16.4. The van der Waals surface area contributed by atoms with Gasteiger partial charge >= 0.3 is 5.97 Å². The van der Waals surface area contributed by atoms with E-state index in [1.807, 2.05) is 20.8 Å². The maximum Gasteiger partial charge on any atom is 0.305 e. The van der Waals surface area contributed by atoms with Gasteiger partial charge in [0.05, 0.1) is 12.9 Å². The summed E-state index contributed by atoms with van der Waals surface area (Å²) in [6, 6.07) is -0.0712. The van der Waals surface area contributed by atoms with Crippen molar-refractivity contribution in [1.29, 1.82) is 0 Å². The third-order valence-electron chi connectivity index (χ3n) is 2.23. The molecule has 0 saturated heterocycles. The fraction of sp³-hybridized carbons (Fsp3) is 0.909. The lowest BCUT2D eigenvalue weighted by Gasteiger charge is -2.15. The molecule has 0 aromatic rings. The maximum absolute atomic E-state index is 11.6.